The van der Waals surface area contributed by atoms with Crippen molar-refractivity contribution in [2.75, 3.05) is 20.1 Å². The third-order valence-electron chi connectivity index (χ3n) is 3.54. The first-order valence-corrected chi connectivity index (χ1v) is 6.69. The number of aromatic nitrogens is 1. The first-order valence-electron chi connectivity index (χ1n) is 6.69. The predicted molar refractivity (Wildman–Crippen MR) is 73.0 cm³/mol. The monoisotopic (exact) mass is 277 g/mol. The van der Waals surface area contributed by atoms with Crippen LogP contribution in [0.25, 0.3) is 0 Å². The predicted octanol–water partition coefficient (Wildman–Crippen LogP) is 1.43. The highest BCUT2D eigenvalue weighted by molar-refractivity contribution is 5.76. The standard InChI is InChI=1S/C14H19N3O3/c1-16(9-11-4-6-15-7-5-11)14(20)17-8-2-3-12(10-17)13(18)19/h4-7,12H,2-3,8-10H2,1H3,(H,18,19)/t12-/m1/s1. The van der Waals surface area contributed by atoms with Gasteiger partial charge in [0.1, 0.15) is 0 Å². The summed E-state index contributed by atoms with van der Waals surface area (Å²) in [5.41, 5.74) is 1.00. The van der Waals surface area contributed by atoms with Gasteiger partial charge in [-0.15, -0.1) is 0 Å². The summed E-state index contributed by atoms with van der Waals surface area (Å²) in [6, 6.07) is 3.60. The number of hydrogen-bond donors (Lipinski definition) is 1. The Labute approximate surface area is 118 Å². The number of urea groups is 1. The highest BCUT2D eigenvalue weighted by Gasteiger charge is 2.29. The third-order valence-corrected chi connectivity index (χ3v) is 3.54. The minimum atomic E-state index is -0.820. The average Bonchev–Trinajstić information content (AvgIpc) is 2.47. The zero-order valence-electron chi connectivity index (χ0n) is 11.5. The quantitative estimate of drug-likeness (QED) is 0.907. The Bertz CT molecular complexity index is 478. The molecule has 1 fully saturated rings. The lowest BCUT2D eigenvalue weighted by molar-refractivity contribution is -0.143. The van der Waals surface area contributed by atoms with Gasteiger partial charge in [-0.2, -0.15) is 0 Å². The number of carbonyl (C=O) groups excluding carboxylic acids is 1. The molecule has 20 heavy (non-hydrogen) atoms. The van der Waals surface area contributed by atoms with Gasteiger partial charge in [-0.25, -0.2) is 4.79 Å². The number of pyridine rings is 1. The van der Waals surface area contributed by atoms with Crippen molar-refractivity contribution in [2.24, 2.45) is 5.92 Å². The fourth-order valence-corrected chi connectivity index (χ4v) is 2.42. The van der Waals surface area contributed by atoms with E-state index in [-0.39, 0.29) is 6.03 Å². The van der Waals surface area contributed by atoms with Crippen molar-refractivity contribution in [3.8, 4) is 0 Å². The molecule has 0 bridgehead atoms. The number of aliphatic carboxylic acids is 1. The number of carboxylic acid groups (broad SMARTS) is 1. The first kappa shape index (κ1) is 14.3. The van der Waals surface area contributed by atoms with Gasteiger partial charge in [0.2, 0.25) is 0 Å². The molecular weight excluding hydrogens is 258 g/mol. The van der Waals surface area contributed by atoms with E-state index in [0.717, 1.165) is 12.0 Å². The van der Waals surface area contributed by atoms with Crippen molar-refractivity contribution in [3.63, 3.8) is 0 Å². The third kappa shape index (κ3) is 3.46. The molecule has 1 aromatic heterocycles. The SMILES string of the molecule is CN(Cc1ccncc1)C(=O)N1CCC[C@@H](C(=O)O)C1. The summed E-state index contributed by atoms with van der Waals surface area (Å²) in [6.45, 7) is 1.42. The van der Waals surface area contributed by atoms with Crippen molar-refractivity contribution in [1.82, 2.24) is 14.8 Å². The highest BCUT2D eigenvalue weighted by Crippen LogP contribution is 2.18. The first-order chi connectivity index (χ1) is 9.58. The summed E-state index contributed by atoms with van der Waals surface area (Å²) in [5, 5.41) is 9.05. The molecule has 2 heterocycles. The maximum absolute atomic E-state index is 12.3. The maximum Gasteiger partial charge on any atom is 0.320 e. The summed E-state index contributed by atoms with van der Waals surface area (Å²) < 4.78 is 0. The summed E-state index contributed by atoms with van der Waals surface area (Å²) in [6.07, 6.45) is 4.77. The average molecular weight is 277 g/mol. The molecule has 2 amide bonds. The van der Waals surface area contributed by atoms with Crippen LogP contribution in [0.2, 0.25) is 0 Å². The number of rotatable bonds is 3. The van der Waals surface area contributed by atoms with Gasteiger partial charge in [0, 0.05) is 39.1 Å². The van der Waals surface area contributed by atoms with Gasteiger partial charge in [0.25, 0.3) is 0 Å². The zero-order valence-corrected chi connectivity index (χ0v) is 11.5. The van der Waals surface area contributed by atoms with Crippen molar-refractivity contribution < 1.29 is 14.7 Å². The molecule has 1 aromatic rings. The van der Waals surface area contributed by atoms with E-state index >= 15 is 0 Å². The second kappa shape index (κ2) is 6.36. The van der Waals surface area contributed by atoms with E-state index in [1.165, 1.54) is 0 Å². The summed E-state index contributed by atoms with van der Waals surface area (Å²) in [7, 11) is 1.73. The molecule has 0 radical (unpaired) electrons. The lowest BCUT2D eigenvalue weighted by Crippen LogP contribution is -2.47. The molecule has 0 aliphatic carbocycles. The molecule has 1 saturated heterocycles. The molecule has 0 unspecified atom stereocenters. The smallest absolute Gasteiger partial charge is 0.320 e. The molecule has 108 valence electrons. The fraction of sp³-hybridized carbons (Fsp3) is 0.500. The van der Waals surface area contributed by atoms with Crippen LogP contribution >= 0.6 is 0 Å². The molecule has 1 atom stereocenters. The Hall–Kier alpha value is -2.11. The summed E-state index contributed by atoms with van der Waals surface area (Å²) in [5.74, 6) is -1.26. The number of nitrogens with zero attached hydrogens (tertiary/aromatic N) is 3. The van der Waals surface area contributed by atoms with Gasteiger partial charge in [0.15, 0.2) is 0 Å². The molecule has 1 aliphatic heterocycles. The Kier molecular flexibility index (Phi) is 4.55. The zero-order chi connectivity index (χ0) is 14.5. The van der Waals surface area contributed by atoms with Crippen molar-refractivity contribution in [2.45, 2.75) is 19.4 Å². The minimum absolute atomic E-state index is 0.118. The van der Waals surface area contributed by atoms with Crippen LogP contribution in [-0.4, -0.2) is 52.0 Å². The Morgan fingerprint density at radius 1 is 1.45 bits per heavy atom. The van der Waals surface area contributed by atoms with Crippen LogP contribution in [0.5, 0.6) is 0 Å². The maximum atomic E-state index is 12.3. The van der Waals surface area contributed by atoms with Crippen LogP contribution < -0.4 is 0 Å². The number of likely N-dealkylation sites (tertiary alicyclic amines) is 1. The molecule has 0 aromatic carbocycles. The van der Waals surface area contributed by atoms with Crippen LogP contribution in [0, 0.1) is 5.92 Å². The van der Waals surface area contributed by atoms with Crippen LogP contribution in [0.4, 0.5) is 4.79 Å². The van der Waals surface area contributed by atoms with Crippen molar-refractivity contribution >= 4 is 12.0 Å². The van der Waals surface area contributed by atoms with E-state index in [9.17, 15) is 9.59 Å². The van der Waals surface area contributed by atoms with Crippen LogP contribution in [-0.2, 0) is 11.3 Å². The highest BCUT2D eigenvalue weighted by atomic mass is 16.4. The Morgan fingerprint density at radius 3 is 2.80 bits per heavy atom. The number of piperidine rings is 1. The Morgan fingerprint density at radius 2 is 2.15 bits per heavy atom. The minimum Gasteiger partial charge on any atom is -0.481 e. The molecular formula is C14H19N3O3. The molecule has 1 aliphatic rings. The molecule has 6 nitrogen and oxygen atoms in total. The lowest BCUT2D eigenvalue weighted by atomic mass is 9.99. The second-order valence-corrected chi connectivity index (χ2v) is 5.12. The van der Waals surface area contributed by atoms with Gasteiger partial charge >= 0.3 is 12.0 Å². The van der Waals surface area contributed by atoms with E-state index < -0.39 is 11.9 Å². The largest absolute Gasteiger partial charge is 0.481 e. The molecule has 1 N–H and O–H groups in total. The van der Waals surface area contributed by atoms with Gasteiger partial charge < -0.3 is 14.9 Å². The number of carbonyl (C=O) groups is 2. The molecule has 6 heteroatoms. The number of amides is 2. The van der Waals surface area contributed by atoms with Gasteiger partial charge in [-0.05, 0) is 30.5 Å². The van der Waals surface area contributed by atoms with Crippen LogP contribution in [0.1, 0.15) is 18.4 Å². The Balaban J connectivity index is 1.94. The van der Waals surface area contributed by atoms with E-state index in [1.807, 2.05) is 12.1 Å². The van der Waals surface area contributed by atoms with Gasteiger partial charge in [-0.1, -0.05) is 0 Å². The number of carboxylic acids is 1. The van der Waals surface area contributed by atoms with Gasteiger partial charge in [-0.3, -0.25) is 9.78 Å². The molecule has 0 spiro atoms. The number of hydrogen-bond acceptors (Lipinski definition) is 3. The van der Waals surface area contributed by atoms with E-state index in [2.05, 4.69) is 4.98 Å². The second-order valence-electron chi connectivity index (χ2n) is 5.12. The fourth-order valence-electron chi connectivity index (χ4n) is 2.42. The van der Waals surface area contributed by atoms with Crippen molar-refractivity contribution in [3.05, 3.63) is 30.1 Å². The van der Waals surface area contributed by atoms with Gasteiger partial charge in [0.05, 0.1) is 5.92 Å². The lowest BCUT2D eigenvalue weighted by Gasteiger charge is -2.33. The molecule has 0 saturated carbocycles. The normalized spacial score (nSPS) is 18.6. The molecule has 2 rings (SSSR count). The topological polar surface area (TPSA) is 73.7 Å². The van der Waals surface area contributed by atoms with Crippen LogP contribution in [0.3, 0.4) is 0 Å². The summed E-state index contributed by atoms with van der Waals surface area (Å²) >= 11 is 0. The van der Waals surface area contributed by atoms with E-state index in [0.29, 0.717) is 26.1 Å². The van der Waals surface area contributed by atoms with Crippen molar-refractivity contribution in [1.29, 1.82) is 0 Å². The van der Waals surface area contributed by atoms with Crippen LogP contribution in [0.15, 0.2) is 24.5 Å². The van der Waals surface area contributed by atoms with E-state index in [1.54, 1.807) is 29.2 Å². The summed E-state index contributed by atoms with van der Waals surface area (Å²) in [4.78, 5) is 30.5. The van der Waals surface area contributed by atoms with E-state index in [4.69, 9.17) is 5.11 Å².